The van der Waals surface area contributed by atoms with E-state index in [9.17, 15) is 14.7 Å². The quantitative estimate of drug-likeness (QED) is 0.433. The van der Waals surface area contributed by atoms with Crippen molar-refractivity contribution in [3.63, 3.8) is 0 Å². The smallest absolute Gasteiger partial charge is 0.311 e. The van der Waals surface area contributed by atoms with Gasteiger partial charge in [0.05, 0.1) is 40.1 Å². The number of amides is 1. The molecule has 198 valence electrons. The highest BCUT2D eigenvalue weighted by molar-refractivity contribution is 8.00. The molecule has 3 atom stereocenters. The van der Waals surface area contributed by atoms with Crippen molar-refractivity contribution in [2.24, 2.45) is 11.3 Å². The van der Waals surface area contributed by atoms with Gasteiger partial charge < -0.3 is 25.4 Å². The van der Waals surface area contributed by atoms with Crippen LogP contribution in [0.25, 0.3) is 11.0 Å². The van der Waals surface area contributed by atoms with Crippen LogP contribution < -0.4 is 20.3 Å². The molecule has 1 saturated carbocycles. The van der Waals surface area contributed by atoms with Gasteiger partial charge in [0.2, 0.25) is 11.8 Å². The minimum Gasteiger partial charge on any atom is -0.481 e. The molecule has 0 radical (unpaired) electrons. The average Bonchev–Trinajstić information content (AvgIpc) is 2.94. The van der Waals surface area contributed by atoms with Crippen molar-refractivity contribution in [2.75, 3.05) is 36.2 Å². The van der Waals surface area contributed by atoms with Crippen molar-refractivity contribution in [1.82, 2.24) is 20.3 Å². The van der Waals surface area contributed by atoms with Crippen LogP contribution in [-0.4, -0.2) is 63.9 Å². The monoisotopic (exact) mass is 534 g/mol. The van der Waals surface area contributed by atoms with Crippen molar-refractivity contribution in [2.45, 2.75) is 43.2 Å². The maximum atomic E-state index is 12.8. The first-order valence-corrected chi connectivity index (χ1v) is 13.9. The number of rotatable bonds is 6. The molecule has 0 bridgehead atoms. The maximum absolute atomic E-state index is 12.8. The Morgan fingerprint density at radius 2 is 2.16 bits per heavy atom. The molecule has 0 spiro atoms. The summed E-state index contributed by atoms with van der Waals surface area (Å²) in [5.41, 5.74) is 2.45. The molecule has 1 aliphatic carbocycles. The number of anilines is 2. The predicted molar refractivity (Wildman–Crippen MR) is 145 cm³/mol. The lowest BCUT2D eigenvalue weighted by Crippen LogP contribution is -2.57. The van der Waals surface area contributed by atoms with Gasteiger partial charge in [-0.1, -0.05) is 0 Å². The molecule has 3 aromatic heterocycles. The molecular formula is C27H30N6O4S. The first-order chi connectivity index (χ1) is 18.4. The molecule has 3 unspecified atom stereocenters. The van der Waals surface area contributed by atoms with Crippen LogP contribution in [0.4, 0.5) is 11.5 Å². The Labute approximate surface area is 224 Å². The number of methoxy groups -OCH3 is 1. The van der Waals surface area contributed by atoms with E-state index in [1.165, 1.54) is 11.8 Å². The number of carboxylic acid groups (broad SMARTS) is 1. The zero-order valence-corrected chi connectivity index (χ0v) is 22.0. The Morgan fingerprint density at radius 1 is 1.26 bits per heavy atom. The SMILES string of the molecule is COc1ccc2nccc(N3CCC4CC(NCc5ccc6c(n5)NC(=O)CS6)CCC4(C(=O)O)C3)c2n1. The van der Waals surface area contributed by atoms with Crippen LogP contribution >= 0.6 is 11.8 Å². The summed E-state index contributed by atoms with van der Waals surface area (Å²) in [5, 5.41) is 16.9. The molecule has 10 nitrogen and oxygen atoms in total. The zero-order valence-electron chi connectivity index (χ0n) is 21.1. The van der Waals surface area contributed by atoms with Gasteiger partial charge in [-0.2, -0.15) is 0 Å². The minimum atomic E-state index is -0.809. The number of hydrogen-bond acceptors (Lipinski definition) is 9. The maximum Gasteiger partial charge on any atom is 0.311 e. The third-order valence-electron chi connectivity index (χ3n) is 8.13. The van der Waals surface area contributed by atoms with Crippen LogP contribution in [-0.2, 0) is 16.1 Å². The van der Waals surface area contributed by atoms with Gasteiger partial charge in [0.25, 0.3) is 0 Å². The summed E-state index contributed by atoms with van der Waals surface area (Å²) < 4.78 is 5.32. The second kappa shape index (κ2) is 10.0. The Balaban J connectivity index is 1.16. The number of ether oxygens (including phenoxy) is 1. The third kappa shape index (κ3) is 4.54. The van der Waals surface area contributed by atoms with Crippen LogP contribution in [0.15, 0.2) is 41.4 Å². The molecule has 3 N–H and O–H groups in total. The molecule has 3 aromatic rings. The lowest BCUT2D eigenvalue weighted by Gasteiger charge is -2.50. The first kappa shape index (κ1) is 24.9. The number of aromatic nitrogens is 3. The fourth-order valence-corrected chi connectivity index (χ4v) is 6.87. The van der Waals surface area contributed by atoms with Gasteiger partial charge in [-0.05, 0) is 55.9 Å². The molecule has 2 aliphatic heterocycles. The highest BCUT2D eigenvalue weighted by atomic mass is 32.2. The van der Waals surface area contributed by atoms with Gasteiger partial charge in [-0.25, -0.2) is 9.97 Å². The van der Waals surface area contributed by atoms with E-state index >= 15 is 0 Å². The lowest BCUT2D eigenvalue weighted by atomic mass is 9.61. The molecule has 6 rings (SSSR count). The number of piperidine rings is 1. The van der Waals surface area contributed by atoms with Crippen LogP contribution in [0.1, 0.15) is 31.4 Å². The number of carbonyl (C=O) groups excluding carboxylic acids is 1. The summed E-state index contributed by atoms with van der Waals surface area (Å²) in [7, 11) is 1.58. The highest BCUT2D eigenvalue weighted by Crippen LogP contribution is 2.48. The first-order valence-electron chi connectivity index (χ1n) is 12.9. The molecule has 11 heteroatoms. The van der Waals surface area contributed by atoms with E-state index in [2.05, 4.69) is 30.5 Å². The molecule has 5 heterocycles. The van der Waals surface area contributed by atoms with Gasteiger partial charge >= 0.3 is 5.97 Å². The second-order valence-corrected chi connectivity index (χ2v) is 11.3. The van der Waals surface area contributed by atoms with Crippen LogP contribution in [0.5, 0.6) is 5.88 Å². The fraction of sp³-hybridized carbons (Fsp3) is 0.444. The number of pyridine rings is 3. The average molecular weight is 535 g/mol. The van der Waals surface area contributed by atoms with E-state index in [0.29, 0.717) is 37.0 Å². The van der Waals surface area contributed by atoms with Gasteiger partial charge in [-0.3, -0.25) is 14.6 Å². The van der Waals surface area contributed by atoms with E-state index in [1.807, 2.05) is 24.3 Å². The number of nitrogens with one attached hydrogen (secondary N) is 2. The van der Waals surface area contributed by atoms with Gasteiger partial charge in [-0.15, -0.1) is 11.8 Å². The van der Waals surface area contributed by atoms with E-state index in [-0.39, 0.29) is 17.9 Å². The van der Waals surface area contributed by atoms with Crippen LogP contribution in [0, 0.1) is 11.3 Å². The topological polar surface area (TPSA) is 130 Å². The van der Waals surface area contributed by atoms with E-state index in [4.69, 9.17) is 4.74 Å². The number of nitrogens with zero attached hydrogens (tertiary/aromatic N) is 4. The van der Waals surface area contributed by atoms with Crippen molar-refractivity contribution in [3.05, 3.63) is 42.2 Å². The van der Waals surface area contributed by atoms with E-state index in [1.54, 1.807) is 19.4 Å². The number of hydrogen-bond donors (Lipinski definition) is 3. The summed E-state index contributed by atoms with van der Waals surface area (Å²) in [4.78, 5) is 41.3. The number of thioether (sulfide) groups is 1. The summed E-state index contributed by atoms with van der Waals surface area (Å²) in [6.07, 6.45) is 4.73. The lowest BCUT2D eigenvalue weighted by molar-refractivity contribution is -0.156. The number of carboxylic acids is 1. The molecular weight excluding hydrogens is 504 g/mol. The Kier molecular flexibility index (Phi) is 6.56. The summed E-state index contributed by atoms with van der Waals surface area (Å²) in [6.45, 7) is 1.78. The Morgan fingerprint density at radius 3 is 3.00 bits per heavy atom. The minimum absolute atomic E-state index is 0.0292. The predicted octanol–water partition coefficient (Wildman–Crippen LogP) is 3.32. The molecule has 0 aromatic carbocycles. The normalized spacial score (nSPS) is 24.9. The number of fused-ring (bicyclic) bond motifs is 3. The molecule has 3 aliphatic rings. The zero-order chi connectivity index (χ0) is 26.3. The summed E-state index contributed by atoms with van der Waals surface area (Å²) in [6, 6.07) is 9.79. The van der Waals surface area contributed by atoms with Crippen molar-refractivity contribution >= 4 is 46.2 Å². The van der Waals surface area contributed by atoms with Crippen LogP contribution in [0.2, 0.25) is 0 Å². The Bertz CT molecular complexity index is 1400. The molecule has 1 saturated heterocycles. The van der Waals surface area contributed by atoms with E-state index < -0.39 is 11.4 Å². The van der Waals surface area contributed by atoms with E-state index in [0.717, 1.165) is 53.1 Å². The van der Waals surface area contributed by atoms with Crippen molar-refractivity contribution in [1.29, 1.82) is 0 Å². The van der Waals surface area contributed by atoms with Crippen LogP contribution in [0.3, 0.4) is 0 Å². The van der Waals surface area contributed by atoms with Gasteiger partial charge in [0.15, 0.2) is 0 Å². The highest BCUT2D eigenvalue weighted by Gasteiger charge is 2.52. The summed E-state index contributed by atoms with van der Waals surface area (Å²) in [5.74, 6) is 0.876. The van der Waals surface area contributed by atoms with Gasteiger partial charge in [0, 0.05) is 37.9 Å². The summed E-state index contributed by atoms with van der Waals surface area (Å²) >= 11 is 1.50. The molecule has 1 amide bonds. The van der Waals surface area contributed by atoms with Crippen molar-refractivity contribution < 1.29 is 19.4 Å². The van der Waals surface area contributed by atoms with Crippen molar-refractivity contribution in [3.8, 4) is 5.88 Å². The fourth-order valence-electron chi connectivity index (χ4n) is 6.11. The third-order valence-corrected chi connectivity index (χ3v) is 9.17. The Hall–Kier alpha value is -3.44. The van der Waals surface area contributed by atoms with Gasteiger partial charge in [0.1, 0.15) is 11.3 Å². The standard InChI is InChI=1S/C27H30N6O4S/c1-37-23-5-3-19-24(32-23)20(7-10-28-19)33-11-8-16-12-17(6-9-27(16,15-33)26(35)36)29-13-18-2-4-21-25(30-18)31-22(34)14-38-21/h2-5,7,10,16-17,29H,6,8-9,11-15H2,1H3,(H,35,36)(H,30,31,34). The number of carbonyl (C=O) groups is 2. The molecule has 2 fully saturated rings. The molecule has 38 heavy (non-hydrogen) atoms. The number of aliphatic carboxylic acids is 1. The largest absolute Gasteiger partial charge is 0.481 e. The second-order valence-electron chi connectivity index (χ2n) is 10.3.